The lowest BCUT2D eigenvalue weighted by molar-refractivity contribution is -0.0786. The maximum Gasteiger partial charge on any atom is 0.256 e. The second kappa shape index (κ2) is 9.11. The minimum Gasteiger partial charge on any atom is -0.385 e. The first kappa shape index (κ1) is 24.1. The molecule has 0 spiro atoms. The SMILES string of the molecule is Cc1ccc(Nc2c(C(=O)N3CC(O)(CNCCC(C)(C)C)C3)ccc(F)c2F)c(F)c1. The van der Waals surface area contributed by atoms with Gasteiger partial charge in [-0.05, 0) is 55.1 Å². The van der Waals surface area contributed by atoms with Gasteiger partial charge in [-0.1, -0.05) is 26.8 Å². The number of benzene rings is 2. The average molecular weight is 450 g/mol. The molecule has 0 bridgehead atoms. The second-order valence-corrected chi connectivity index (χ2v) is 9.77. The highest BCUT2D eigenvalue weighted by Gasteiger charge is 2.44. The number of halogens is 3. The van der Waals surface area contributed by atoms with E-state index in [0.29, 0.717) is 12.1 Å². The molecule has 0 unspecified atom stereocenters. The molecule has 1 amide bonds. The normalized spacial score (nSPS) is 15.4. The molecule has 1 aliphatic rings. The molecule has 0 saturated carbocycles. The Bertz CT molecular complexity index is 999. The van der Waals surface area contributed by atoms with Crippen LogP contribution in [0.15, 0.2) is 30.3 Å². The predicted molar refractivity (Wildman–Crippen MR) is 119 cm³/mol. The van der Waals surface area contributed by atoms with Crippen LogP contribution in [0.5, 0.6) is 0 Å². The zero-order chi connectivity index (χ0) is 23.7. The summed E-state index contributed by atoms with van der Waals surface area (Å²) in [4.78, 5) is 14.3. The molecule has 174 valence electrons. The second-order valence-electron chi connectivity index (χ2n) is 9.77. The summed E-state index contributed by atoms with van der Waals surface area (Å²) in [6.07, 6.45) is 0.936. The Hall–Kier alpha value is -2.58. The fraction of sp³-hybridized carbons (Fsp3) is 0.458. The molecule has 0 atom stereocenters. The van der Waals surface area contributed by atoms with Crippen LogP contribution in [-0.2, 0) is 0 Å². The van der Waals surface area contributed by atoms with Crippen molar-refractivity contribution in [3.05, 3.63) is 58.9 Å². The van der Waals surface area contributed by atoms with Crippen LogP contribution in [0.1, 0.15) is 43.1 Å². The molecule has 32 heavy (non-hydrogen) atoms. The van der Waals surface area contributed by atoms with Crippen molar-refractivity contribution in [2.24, 2.45) is 5.41 Å². The lowest BCUT2D eigenvalue weighted by Gasteiger charge is -2.46. The van der Waals surface area contributed by atoms with E-state index >= 15 is 0 Å². The summed E-state index contributed by atoms with van der Waals surface area (Å²) in [5.41, 5.74) is -0.882. The van der Waals surface area contributed by atoms with Gasteiger partial charge in [0, 0.05) is 6.54 Å². The number of hydrogen-bond donors (Lipinski definition) is 3. The molecule has 1 aliphatic heterocycles. The molecule has 2 aromatic rings. The molecule has 3 rings (SSSR count). The highest BCUT2D eigenvalue weighted by atomic mass is 19.2. The Balaban J connectivity index is 1.70. The van der Waals surface area contributed by atoms with Crippen molar-refractivity contribution in [1.82, 2.24) is 10.2 Å². The minimum atomic E-state index is -1.27. The highest BCUT2D eigenvalue weighted by Crippen LogP contribution is 2.31. The summed E-state index contributed by atoms with van der Waals surface area (Å²) in [6, 6.07) is 6.29. The summed E-state index contributed by atoms with van der Waals surface area (Å²) >= 11 is 0. The number of nitrogens with one attached hydrogen (secondary N) is 2. The number of β-amino-alcohol motifs (C(OH)–C–C–N with tert-alkyl or cyclic N) is 1. The maximum absolute atomic E-state index is 14.6. The molecule has 3 N–H and O–H groups in total. The van der Waals surface area contributed by atoms with Crippen molar-refractivity contribution < 1.29 is 23.1 Å². The van der Waals surface area contributed by atoms with Gasteiger partial charge >= 0.3 is 0 Å². The first-order valence-corrected chi connectivity index (χ1v) is 10.6. The Labute approximate surface area is 186 Å². The van der Waals surface area contributed by atoms with Gasteiger partial charge in [0.1, 0.15) is 11.4 Å². The molecule has 2 aromatic carbocycles. The van der Waals surface area contributed by atoms with Gasteiger partial charge in [0.15, 0.2) is 11.6 Å². The minimum absolute atomic E-state index is 0.0612. The summed E-state index contributed by atoms with van der Waals surface area (Å²) in [6.45, 7) is 9.27. The van der Waals surface area contributed by atoms with Crippen LogP contribution < -0.4 is 10.6 Å². The lowest BCUT2D eigenvalue weighted by atomic mass is 9.91. The Morgan fingerprint density at radius 1 is 1.12 bits per heavy atom. The van der Waals surface area contributed by atoms with Crippen molar-refractivity contribution in [2.45, 2.75) is 39.7 Å². The van der Waals surface area contributed by atoms with Gasteiger partial charge in [-0.15, -0.1) is 0 Å². The third-order valence-electron chi connectivity index (χ3n) is 5.47. The van der Waals surface area contributed by atoms with Crippen LogP contribution in [0.2, 0.25) is 0 Å². The van der Waals surface area contributed by atoms with Gasteiger partial charge in [-0.3, -0.25) is 4.79 Å². The molecule has 1 heterocycles. The molecule has 0 radical (unpaired) electrons. The molecule has 5 nitrogen and oxygen atoms in total. The van der Waals surface area contributed by atoms with E-state index in [1.54, 1.807) is 13.0 Å². The zero-order valence-corrected chi connectivity index (χ0v) is 18.9. The summed E-state index contributed by atoms with van der Waals surface area (Å²) in [7, 11) is 0. The molecule has 0 aromatic heterocycles. The van der Waals surface area contributed by atoms with E-state index in [4.69, 9.17) is 0 Å². The number of anilines is 2. The van der Waals surface area contributed by atoms with E-state index in [0.717, 1.165) is 25.1 Å². The van der Waals surface area contributed by atoms with Crippen molar-refractivity contribution in [1.29, 1.82) is 0 Å². The van der Waals surface area contributed by atoms with Crippen LogP contribution in [0.25, 0.3) is 0 Å². The van der Waals surface area contributed by atoms with E-state index in [1.807, 2.05) is 0 Å². The van der Waals surface area contributed by atoms with E-state index in [1.165, 1.54) is 17.0 Å². The highest BCUT2D eigenvalue weighted by molar-refractivity contribution is 6.01. The Morgan fingerprint density at radius 2 is 1.81 bits per heavy atom. The number of aryl methyl sites for hydroxylation is 1. The fourth-order valence-electron chi connectivity index (χ4n) is 3.58. The molecule has 0 aliphatic carbocycles. The maximum atomic E-state index is 14.6. The van der Waals surface area contributed by atoms with Gasteiger partial charge in [0.25, 0.3) is 5.91 Å². The van der Waals surface area contributed by atoms with Crippen molar-refractivity contribution in [3.63, 3.8) is 0 Å². The van der Waals surface area contributed by atoms with Gasteiger partial charge < -0.3 is 20.6 Å². The number of rotatable bonds is 7. The largest absolute Gasteiger partial charge is 0.385 e. The number of likely N-dealkylation sites (tertiary alicyclic amines) is 1. The van der Waals surface area contributed by atoms with Gasteiger partial charge in [-0.2, -0.15) is 0 Å². The van der Waals surface area contributed by atoms with Crippen molar-refractivity contribution in [2.75, 3.05) is 31.5 Å². The average Bonchev–Trinajstić information content (AvgIpc) is 2.67. The third kappa shape index (κ3) is 5.61. The predicted octanol–water partition coefficient (Wildman–Crippen LogP) is 4.37. The number of carbonyl (C=O) groups excluding carboxylic acids is 1. The topological polar surface area (TPSA) is 64.6 Å². The van der Waals surface area contributed by atoms with Gasteiger partial charge in [-0.25, -0.2) is 13.2 Å². The number of hydrogen-bond acceptors (Lipinski definition) is 4. The van der Waals surface area contributed by atoms with Crippen LogP contribution in [0.3, 0.4) is 0 Å². The van der Waals surface area contributed by atoms with E-state index in [2.05, 4.69) is 31.4 Å². The van der Waals surface area contributed by atoms with Crippen LogP contribution >= 0.6 is 0 Å². The molecular formula is C24H30F3N3O2. The quantitative estimate of drug-likeness (QED) is 0.550. The van der Waals surface area contributed by atoms with Gasteiger partial charge in [0.05, 0.1) is 30.0 Å². The van der Waals surface area contributed by atoms with Crippen LogP contribution in [-0.4, -0.2) is 47.7 Å². The van der Waals surface area contributed by atoms with Crippen LogP contribution in [0.4, 0.5) is 24.5 Å². The van der Waals surface area contributed by atoms with E-state index < -0.39 is 34.6 Å². The monoisotopic (exact) mass is 449 g/mol. The van der Waals surface area contributed by atoms with Crippen LogP contribution in [0, 0.1) is 29.8 Å². The van der Waals surface area contributed by atoms with E-state index in [-0.39, 0.29) is 29.8 Å². The number of carbonyl (C=O) groups is 1. The Morgan fingerprint density at radius 3 is 2.44 bits per heavy atom. The molecule has 8 heteroatoms. The number of aliphatic hydroxyl groups is 1. The zero-order valence-electron chi connectivity index (χ0n) is 18.9. The lowest BCUT2D eigenvalue weighted by Crippen LogP contribution is -2.67. The standard InChI is InChI=1S/C24H30F3N3O2/c1-15-5-8-19(18(26)11-15)29-21-16(6-7-17(25)20(21)27)22(31)30-13-24(32,14-30)12-28-10-9-23(2,3)4/h5-8,11,28-29,32H,9-10,12-14H2,1-4H3. The summed E-state index contributed by atoms with van der Waals surface area (Å²) < 4.78 is 42.7. The molecule has 1 saturated heterocycles. The fourth-order valence-corrected chi connectivity index (χ4v) is 3.58. The first-order valence-electron chi connectivity index (χ1n) is 10.6. The molecular weight excluding hydrogens is 419 g/mol. The van der Waals surface area contributed by atoms with Crippen molar-refractivity contribution in [3.8, 4) is 0 Å². The summed E-state index contributed by atoms with van der Waals surface area (Å²) in [5, 5.41) is 16.3. The van der Waals surface area contributed by atoms with E-state index in [9.17, 15) is 23.1 Å². The van der Waals surface area contributed by atoms with Gasteiger partial charge in [0.2, 0.25) is 0 Å². The Kier molecular flexibility index (Phi) is 6.86. The third-order valence-corrected chi connectivity index (χ3v) is 5.47. The van der Waals surface area contributed by atoms with Crippen molar-refractivity contribution >= 4 is 17.3 Å². The smallest absolute Gasteiger partial charge is 0.256 e. The molecule has 1 fully saturated rings. The summed E-state index contributed by atoms with van der Waals surface area (Å²) in [5.74, 6) is -3.64. The first-order chi connectivity index (χ1) is 14.9. The number of nitrogens with zero attached hydrogens (tertiary/aromatic N) is 1. The number of amides is 1.